The number of hydrogen-bond donors (Lipinski definition) is 3. The van der Waals surface area contributed by atoms with Gasteiger partial charge in [0.25, 0.3) is 0 Å². The van der Waals surface area contributed by atoms with Gasteiger partial charge in [0.05, 0.1) is 19.2 Å². The van der Waals surface area contributed by atoms with Gasteiger partial charge in [-0.15, -0.1) is 0 Å². The second-order valence-electron chi connectivity index (χ2n) is 8.44. The van der Waals surface area contributed by atoms with Crippen molar-refractivity contribution in [2.24, 2.45) is 0 Å². The molecule has 0 saturated heterocycles. The van der Waals surface area contributed by atoms with Crippen molar-refractivity contribution in [3.8, 4) is 29.0 Å². The smallest absolute Gasteiger partial charge is 0.138 e. The minimum absolute atomic E-state index is 0.163. The van der Waals surface area contributed by atoms with Gasteiger partial charge in [0.15, 0.2) is 0 Å². The highest BCUT2D eigenvalue weighted by Gasteiger charge is 2.29. The number of hydrogen-bond acceptors (Lipinski definition) is 5. The van der Waals surface area contributed by atoms with Gasteiger partial charge in [-0.1, -0.05) is 48.2 Å². The Kier molecular flexibility index (Phi) is 7.22. The molecule has 1 aromatic heterocycles. The summed E-state index contributed by atoms with van der Waals surface area (Å²) in [7, 11) is 0. The summed E-state index contributed by atoms with van der Waals surface area (Å²) in [6.45, 7) is 1.90. The molecular formula is C27H28N4O2. The Morgan fingerprint density at radius 1 is 1.12 bits per heavy atom. The highest BCUT2D eigenvalue weighted by Crippen LogP contribution is 2.37. The first-order chi connectivity index (χ1) is 16.1. The molecule has 2 atom stereocenters. The summed E-state index contributed by atoms with van der Waals surface area (Å²) < 4.78 is 1.71. The van der Waals surface area contributed by atoms with Crippen LogP contribution in [0.5, 0.6) is 0 Å². The topological polar surface area (TPSA) is 94.1 Å². The fourth-order valence-corrected chi connectivity index (χ4v) is 4.22. The second-order valence-corrected chi connectivity index (χ2v) is 8.44. The zero-order chi connectivity index (χ0) is 23.2. The molecule has 1 aliphatic carbocycles. The number of nitriles is 1. The Hall–Kier alpha value is -3.42. The molecule has 0 spiro atoms. The Bertz CT molecular complexity index is 1160. The first-order valence-corrected chi connectivity index (χ1v) is 11.2. The van der Waals surface area contributed by atoms with Crippen molar-refractivity contribution in [1.82, 2.24) is 14.9 Å². The maximum atomic E-state index is 9.84. The molecule has 2 aromatic carbocycles. The summed E-state index contributed by atoms with van der Waals surface area (Å²) in [4.78, 5) is 4.15. The lowest BCUT2D eigenvalue weighted by atomic mass is 9.75. The average Bonchev–Trinajstić information content (AvgIpc) is 3.30. The first-order valence-electron chi connectivity index (χ1n) is 11.2. The third-order valence-corrected chi connectivity index (χ3v) is 6.17. The van der Waals surface area contributed by atoms with E-state index in [1.165, 1.54) is 5.56 Å². The molecule has 168 valence electrons. The summed E-state index contributed by atoms with van der Waals surface area (Å²) >= 11 is 0. The van der Waals surface area contributed by atoms with E-state index in [1.807, 2.05) is 12.1 Å². The van der Waals surface area contributed by atoms with Gasteiger partial charge in [0.2, 0.25) is 0 Å². The maximum Gasteiger partial charge on any atom is 0.138 e. The summed E-state index contributed by atoms with van der Waals surface area (Å²) in [5.74, 6) is 7.25. The number of aliphatic hydroxyl groups excluding tert-OH is 2. The fraction of sp³-hybridized carbons (Fsp3) is 0.333. The summed E-state index contributed by atoms with van der Waals surface area (Å²) in [5.41, 5.74) is 4.49. The van der Waals surface area contributed by atoms with Crippen LogP contribution >= 0.6 is 0 Å². The van der Waals surface area contributed by atoms with E-state index in [2.05, 4.69) is 64.6 Å². The third kappa shape index (κ3) is 5.32. The Morgan fingerprint density at radius 2 is 1.79 bits per heavy atom. The van der Waals surface area contributed by atoms with Gasteiger partial charge in [-0.05, 0) is 54.5 Å². The number of nitrogens with zero attached hydrogens (tertiary/aromatic N) is 3. The average molecular weight is 441 g/mol. The molecule has 0 bridgehead atoms. The number of imidazole rings is 1. The normalized spacial score (nSPS) is 19.0. The summed E-state index contributed by atoms with van der Waals surface area (Å²) in [5, 5.41) is 31.5. The minimum atomic E-state index is -0.729. The van der Waals surface area contributed by atoms with Gasteiger partial charge in [-0.3, -0.25) is 0 Å². The summed E-state index contributed by atoms with van der Waals surface area (Å²) in [6, 6.07) is 18.9. The molecule has 1 aliphatic rings. The van der Waals surface area contributed by atoms with Crippen LogP contribution in [0.2, 0.25) is 0 Å². The molecule has 1 saturated carbocycles. The van der Waals surface area contributed by atoms with E-state index in [0.29, 0.717) is 24.3 Å². The molecule has 0 aliphatic heterocycles. The van der Waals surface area contributed by atoms with Gasteiger partial charge >= 0.3 is 0 Å². The van der Waals surface area contributed by atoms with E-state index in [4.69, 9.17) is 5.26 Å². The fourth-order valence-electron chi connectivity index (χ4n) is 4.22. The third-order valence-electron chi connectivity index (χ3n) is 6.17. The molecule has 6 nitrogen and oxygen atoms in total. The van der Waals surface area contributed by atoms with Crippen LogP contribution in [0.25, 0.3) is 11.1 Å². The molecule has 1 unspecified atom stereocenters. The second kappa shape index (κ2) is 10.5. The van der Waals surface area contributed by atoms with Crippen molar-refractivity contribution in [3.63, 3.8) is 0 Å². The first kappa shape index (κ1) is 22.8. The Labute approximate surface area is 194 Å². The number of aliphatic hydroxyl groups is 2. The van der Waals surface area contributed by atoms with Gasteiger partial charge < -0.3 is 20.1 Å². The quantitative estimate of drug-likeness (QED) is 0.386. The van der Waals surface area contributed by atoms with Gasteiger partial charge in [0.1, 0.15) is 18.0 Å². The molecule has 1 heterocycles. The molecule has 1 fully saturated rings. The highest BCUT2D eigenvalue weighted by atomic mass is 16.3. The monoisotopic (exact) mass is 440 g/mol. The number of nitrogens with one attached hydrogen (secondary N) is 1. The molecule has 3 aromatic rings. The van der Waals surface area contributed by atoms with Crippen molar-refractivity contribution in [1.29, 1.82) is 5.26 Å². The zero-order valence-electron chi connectivity index (χ0n) is 18.6. The lowest BCUT2D eigenvalue weighted by Gasteiger charge is -2.36. The van der Waals surface area contributed by atoms with E-state index >= 15 is 0 Å². The predicted octanol–water partition coefficient (Wildman–Crippen LogP) is 3.55. The van der Waals surface area contributed by atoms with E-state index < -0.39 is 12.1 Å². The van der Waals surface area contributed by atoms with Crippen molar-refractivity contribution < 1.29 is 10.2 Å². The van der Waals surface area contributed by atoms with Gasteiger partial charge in [-0.2, -0.15) is 5.26 Å². The van der Waals surface area contributed by atoms with Crippen molar-refractivity contribution >= 4 is 0 Å². The van der Waals surface area contributed by atoms with Crippen LogP contribution in [0, 0.1) is 23.2 Å². The van der Waals surface area contributed by atoms with Crippen LogP contribution in [0.15, 0.2) is 60.9 Å². The maximum absolute atomic E-state index is 9.84. The van der Waals surface area contributed by atoms with Crippen LogP contribution in [-0.2, 0) is 0 Å². The molecule has 33 heavy (non-hydrogen) atoms. The lowest BCUT2D eigenvalue weighted by Crippen LogP contribution is -2.40. The van der Waals surface area contributed by atoms with Gasteiger partial charge in [0, 0.05) is 24.0 Å². The number of benzene rings is 2. The number of rotatable bonds is 7. The van der Waals surface area contributed by atoms with Crippen molar-refractivity contribution in [3.05, 3.63) is 77.9 Å². The minimum Gasteiger partial charge on any atom is -0.393 e. The van der Waals surface area contributed by atoms with E-state index in [-0.39, 0.29) is 6.61 Å². The molecule has 6 heteroatoms. The largest absolute Gasteiger partial charge is 0.393 e. The van der Waals surface area contributed by atoms with Crippen molar-refractivity contribution in [2.45, 2.75) is 43.9 Å². The standard InChI is InChI=1S/C27H28N4O2/c1-19(33)27-30-14-15-31(27)26(18-32)11-4-20-2-5-21(6-3-20)22-7-9-23(10-8-22)24-16-25(17-24)29-13-12-28/h2-3,5-10,14-15,19,24-26,29,32-33H,13,16-18H2,1H3/t19-,24?,25?,26?/m0/s1. The summed E-state index contributed by atoms with van der Waals surface area (Å²) in [6.07, 6.45) is 4.76. The molecule has 0 radical (unpaired) electrons. The van der Waals surface area contributed by atoms with Crippen LogP contribution in [0.3, 0.4) is 0 Å². The van der Waals surface area contributed by atoms with Crippen LogP contribution in [-0.4, -0.2) is 39.0 Å². The van der Waals surface area contributed by atoms with Crippen LogP contribution in [0.1, 0.15) is 54.8 Å². The van der Waals surface area contributed by atoms with Crippen LogP contribution in [0.4, 0.5) is 0 Å². The molecule has 3 N–H and O–H groups in total. The lowest BCUT2D eigenvalue weighted by molar-refractivity contribution is 0.176. The molecular weight excluding hydrogens is 412 g/mol. The highest BCUT2D eigenvalue weighted by molar-refractivity contribution is 5.64. The molecule has 4 rings (SSSR count). The van der Waals surface area contributed by atoms with E-state index in [9.17, 15) is 10.2 Å². The number of aromatic nitrogens is 2. The predicted molar refractivity (Wildman–Crippen MR) is 127 cm³/mol. The van der Waals surface area contributed by atoms with Gasteiger partial charge in [-0.25, -0.2) is 4.98 Å². The van der Waals surface area contributed by atoms with E-state index in [0.717, 1.165) is 29.5 Å². The van der Waals surface area contributed by atoms with Crippen LogP contribution < -0.4 is 5.32 Å². The molecule has 0 amide bonds. The van der Waals surface area contributed by atoms with E-state index in [1.54, 1.807) is 23.9 Å². The zero-order valence-corrected chi connectivity index (χ0v) is 18.6. The SMILES string of the molecule is C[C@H](O)c1nccn1C(C#Cc1ccc(-c2ccc(C3CC(NCC#N)C3)cc2)cc1)CO. The van der Waals surface area contributed by atoms with Crippen molar-refractivity contribution in [2.75, 3.05) is 13.2 Å². The Balaban J connectivity index is 1.40. The Morgan fingerprint density at radius 3 is 2.39 bits per heavy atom.